The molecular weight excluding hydrogens is 164 g/mol. The molecule has 0 unspecified atom stereocenters. The number of nitrogens with zero attached hydrogens (tertiary/aromatic N) is 4. The first-order valence-electron chi connectivity index (χ1n) is 4.38. The molecule has 0 bridgehead atoms. The fraction of sp³-hybridized carbons (Fsp3) is 0.444. The fourth-order valence-corrected chi connectivity index (χ4v) is 1.01. The molecule has 0 atom stereocenters. The van der Waals surface area contributed by atoms with Gasteiger partial charge in [-0.2, -0.15) is 0 Å². The number of fused-ring (bicyclic) bond motifs is 1. The minimum Gasteiger partial charge on any atom is -0.318 e. The first-order valence-corrected chi connectivity index (χ1v) is 4.38. The molecule has 0 aliphatic heterocycles. The molecule has 4 nitrogen and oxygen atoms in total. The van der Waals surface area contributed by atoms with Gasteiger partial charge in [-0.15, -0.1) is 0 Å². The van der Waals surface area contributed by atoms with Crippen molar-refractivity contribution in [2.75, 3.05) is 0 Å². The second kappa shape index (κ2) is 3.98. The molecule has 2 aromatic rings. The van der Waals surface area contributed by atoms with Gasteiger partial charge in [-0.05, 0) is 6.92 Å². The average Bonchev–Trinajstić information content (AvgIpc) is 2.52. The zero-order valence-electron chi connectivity index (χ0n) is 8.44. The summed E-state index contributed by atoms with van der Waals surface area (Å²) >= 11 is 0. The van der Waals surface area contributed by atoms with E-state index in [4.69, 9.17) is 0 Å². The Bertz CT molecular complexity index is 391. The van der Waals surface area contributed by atoms with Crippen molar-refractivity contribution in [3.8, 4) is 0 Å². The lowest BCUT2D eigenvalue weighted by Gasteiger charge is -1.92. The Balaban J connectivity index is 0.000000396. The quantitative estimate of drug-likeness (QED) is 0.616. The number of aryl methyl sites for hydroxylation is 2. The molecule has 0 amide bonds. The van der Waals surface area contributed by atoms with E-state index < -0.39 is 0 Å². The maximum absolute atomic E-state index is 4.22. The van der Waals surface area contributed by atoms with Gasteiger partial charge in [-0.25, -0.2) is 15.0 Å². The van der Waals surface area contributed by atoms with Crippen LogP contribution >= 0.6 is 0 Å². The fourth-order valence-electron chi connectivity index (χ4n) is 1.01. The molecule has 0 saturated heterocycles. The van der Waals surface area contributed by atoms with Crippen molar-refractivity contribution in [1.29, 1.82) is 0 Å². The summed E-state index contributed by atoms with van der Waals surface area (Å²) < 4.78 is 1.88. The molecule has 13 heavy (non-hydrogen) atoms. The number of rotatable bonds is 0. The molecule has 0 aliphatic rings. The lowest BCUT2D eigenvalue weighted by atomic mass is 10.5. The van der Waals surface area contributed by atoms with Crippen molar-refractivity contribution >= 4 is 11.2 Å². The summed E-state index contributed by atoms with van der Waals surface area (Å²) in [5.41, 5.74) is 1.73. The molecule has 2 rings (SSSR count). The number of imidazole rings is 1. The van der Waals surface area contributed by atoms with E-state index >= 15 is 0 Å². The van der Waals surface area contributed by atoms with E-state index in [1.807, 2.05) is 32.4 Å². The lowest BCUT2D eigenvalue weighted by molar-refractivity contribution is 0.920. The van der Waals surface area contributed by atoms with Crippen molar-refractivity contribution in [2.45, 2.75) is 20.8 Å². The smallest absolute Gasteiger partial charge is 0.163 e. The zero-order valence-corrected chi connectivity index (χ0v) is 8.44. The molecule has 0 aliphatic carbocycles. The molecule has 0 aromatic carbocycles. The summed E-state index contributed by atoms with van der Waals surface area (Å²) in [4.78, 5) is 12.4. The Morgan fingerprint density at radius 1 is 1.23 bits per heavy atom. The third kappa shape index (κ3) is 1.83. The van der Waals surface area contributed by atoms with Gasteiger partial charge in [0.2, 0.25) is 0 Å². The Kier molecular flexibility index (Phi) is 2.95. The highest BCUT2D eigenvalue weighted by Gasteiger charge is 1.99. The van der Waals surface area contributed by atoms with Gasteiger partial charge in [0, 0.05) is 7.05 Å². The van der Waals surface area contributed by atoms with Gasteiger partial charge in [0.15, 0.2) is 5.65 Å². The maximum atomic E-state index is 4.22. The van der Waals surface area contributed by atoms with Crippen LogP contribution in [-0.4, -0.2) is 19.5 Å². The number of hydrogen-bond donors (Lipinski definition) is 0. The van der Waals surface area contributed by atoms with Crippen molar-refractivity contribution in [2.24, 2.45) is 7.05 Å². The molecule has 2 heterocycles. The summed E-state index contributed by atoms with van der Waals surface area (Å²) in [5.74, 6) is 0.779. The van der Waals surface area contributed by atoms with Crippen LogP contribution in [0.2, 0.25) is 0 Å². The molecular formula is C9H14N4. The number of aromatic nitrogens is 4. The van der Waals surface area contributed by atoms with E-state index in [0.717, 1.165) is 17.0 Å². The van der Waals surface area contributed by atoms with Crippen molar-refractivity contribution in [1.82, 2.24) is 19.5 Å². The molecule has 4 heteroatoms. The van der Waals surface area contributed by atoms with Crippen molar-refractivity contribution in [3.63, 3.8) is 0 Å². The monoisotopic (exact) mass is 178 g/mol. The van der Waals surface area contributed by atoms with E-state index in [9.17, 15) is 0 Å². The van der Waals surface area contributed by atoms with Crippen LogP contribution in [-0.2, 0) is 7.05 Å². The first kappa shape index (κ1) is 9.64. The second-order valence-corrected chi connectivity index (χ2v) is 2.48. The van der Waals surface area contributed by atoms with Crippen LogP contribution in [0.5, 0.6) is 0 Å². The minimum absolute atomic E-state index is 0.779. The summed E-state index contributed by atoms with van der Waals surface area (Å²) in [6.07, 6.45) is 3.47. The predicted octanol–water partition coefficient (Wildman–Crippen LogP) is 1.70. The minimum atomic E-state index is 0.779. The van der Waals surface area contributed by atoms with E-state index in [1.54, 1.807) is 12.5 Å². The van der Waals surface area contributed by atoms with Crippen LogP contribution in [0, 0.1) is 6.92 Å². The zero-order chi connectivity index (χ0) is 9.84. The summed E-state index contributed by atoms with van der Waals surface area (Å²) in [6.45, 7) is 5.87. The summed E-state index contributed by atoms with van der Waals surface area (Å²) in [7, 11) is 1.92. The van der Waals surface area contributed by atoms with Crippen molar-refractivity contribution in [3.05, 3.63) is 18.3 Å². The first-order chi connectivity index (χ1) is 6.27. The van der Waals surface area contributed by atoms with Crippen LogP contribution in [0.15, 0.2) is 12.5 Å². The second-order valence-electron chi connectivity index (χ2n) is 2.48. The Morgan fingerprint density at radius 2 is 1.92 bits per heavy atom. The van der Waals surface area contributed by atoms with Gasteiger partial charge in [0.25, 0.3) is 0 Å². The summed E-state index contributed by atoms with van der Waals surface area (Å²) in [6, 6.07) is 0. The third-order valence-electron chi connectivity index (χ3n) is 1.57. The normalized spacial score (nSPS) is 9.54. The lowest BCUT2D eigenvalue weighted by Crippen LogP contribution is -1.91. The molecule has 2 aromatic heterocycles. The summed E-state index contributed by atoms with van der Waals surface area (Å²) in [5, 5.41) is 0. The van der Waals surface area contributed by atoms with Gasteiger partial charge in [-0.1, -0.05) is 13.8 Å². The van der Waals surface area contributed by atoms with Gasteiger partial charge in [0.1, 0.15) is 11.3 Å². The third-order valence-corrected chi connectivity index (χ3v) is 1.57. The highest BCUT2D eigenvalue weighted by atomic mass is 15.1. The molecule has 0 N–H and O–H groups in total. The molecule has 0 saturated carbocycles. The van der Waals surface area contributed by atoms with Crippen LogP contribution in [0.1, 0.15) is 19.7 Å². The highest BCUT2D eigenvalue weighted by Crippen LogP contribution is 2.05. The molecule has 0 fully saturated rings. The van der Waals surface area contributed by atoms with Crippen LogP contribution in [0.4, 0.5) is 0 Å². The molecule has 0 spiro atoms. The van der Waals surface area contributed by atoms with Gasteiger partial charge in [0.05, 0.1) is 12.5 Å². The van der Waals surface area contributed by atoms with Crippen LogP contribution < -0.4 is 0 Å². The highest BCUT2D eigenvalue weighted by molar-refractivity contribution is 5.68. The van der Waals surface area contributed by atoms with E-state index in [-0.39, 0.29) is 0 Å². The average molecular weight is 178 g/mol. The topological polar surface area (TPSA) is 43.6 Å². The van der Waals surface area contributed by atoms with E-state index in [0.29, 0.717) is 0 Å². The Hall–Kier alpha value is -1.45. The van der Waals surface area contributed by atoms with E-state index in [1.165, 1.54) is 0 Å². The predicted molar refractivity (Wildman–Crippen MR) is 52.4 cm³/mol. The van der Waals surface area contributed by atoms with Crippen LogP contribution in [0.25, 0.3) is 11.2 Å². The standard InChI is InChI=1S/C7H8N4.C2H6/c1-5-8-3-6-7(10-5)11(2)4-9-6;1-2/h3-4H,1-2H3;1-2H3. The van der Waals surface area contributed by atoms with Gasteiger partial charge < -0.3 is 4.57 Å². The SMILES string of the molecule is CC.Cc1ncc2ncn(C)c2n1. The van der Waals surface area contributed by atoms with Gasteiger partial charge >= 0.3 is 0 Å². The Labute approximate surface area is 77.7 Å². The van der Waals surface area contributed by atoms with E-state index in [2.05, 4.69) is 15.0 Å². The maximum Gasteiger partial charge on any atom is 0.163 e. The van der Waals surface area contributed by atoms with Crippen molar-refractivity contribution < 1.29 is 0 Å². The largest absolute Gasteiger partial charge is 0.318 e. The molecule has 0 radical (unpaired) electrons. The number of hydrogen-bond acceptors (Lipinski definition) is 3. The van der Waals surface area contributed by atoms with Gasteiger partial charge in [-0.3, -0.25) is 0 Å². The molecule has 70 valence electrons. The Morgan fingerprint density at radius 3 is 2.62 bits per heavy atom. The van der Waals surface area contributed by atoms with Crippen LogP contribution in [0.3, 0.4) is 0 Å².